The summed E-state index contributed by atoms with van der Waals surface area (Å²) in [6.45, 7) is 13.0. The lowest BCUT2D eigenvalue weighted by atomic mass is 9.94. The average molecular weight is 676 g/mol. The fourth-order valence-corrected chi connectivity index (χ4v) is 7.96. The van der Waals surface area contributed by atoms with Gasteiger partial charge in [0.05, 0.1) is 24.0 Å². The van der Waals surface area contributed by atoms with Crippen LogP contribution < -0.4 is 0 Å². The molecule has 2 spiro atoms. The zero-order valence-electron chi connectivity index (χ0n) is 30.2. The quantitative estimate of drug-likeness (QED) is 0.291. The summed E-state index contributed by atoms with van der Waals surface area (Å²) >= 11 is 0. The lowest BCUT2D eigenvalue weighted by molar-refractivity contribution is 0.0210. The number of benzene rings is 2. The van der Waals surface area contributed by atoms with E-state index >= 15 is 0 Å². The Hall–Kier alpha value is -4.40. The molecule has 3 aliphatic heterocycles. The number of imidazole rings is 1. The molecule has 262 valence electrons. The Kier molecular flexibility index (Phi) is 7.59. The van der Waals surface area contributed by atoms with Gasteiger partial charge in [0.25, 0.3) is 0 Å². The average Bonchev–Trinajstić information content (AvgIpc) is 3.63. The predicted molar refractivity (Wildman–Crippen MR) is 194 cm³/mol. The standard InChI is InChI=1S/C41H49N5O4/c1-38(2,3)49-36(47)45-24-40(15-16-40)20-33(45)31-19-30(22-42-31)28-9-7-26(8-10-28)27-11-13-29(14-12-27)32-23-43-35(44-32)34-21-41(17-18-41)25-46(34)37(48)50-39(4,5)6/h7-14,22-23,33-34H,15-21,24-25H2,1-6H3,(H,43,44)/t33-,34-/m0/s1. The minimum Gasteiger partial charge on any atom is -0.444 e. The molecular weight excluding hydrogens is 626 g/mol. The maximum Gasteiger partial charge on any atom is 0.410 e. The van der Waals surface area contributed by atoms with E-state index in [9.17, 15) is 9.59 Å². The second-order valence-electron chi connectivity index (χ2n) is 17.4. The summed E-state index contributed by atoms with van der Waals surface area (Å²) in [6, 6.07) is 17.1. The van der Waals surface area contributed by atoms with Crippen LogP contribution in [0, 0.1) is 10.8 Å². The number of amides is 2. The highest BCUT2D eigenvalue weighted by atomic mass is 16.6. The molecular formula is C41H49N5O4. The van der Waals surface area contributed by atoms with Gasteiger partial charge in [-0.2, -0.15) is 0 Å². The second-order valence-corrected chi connectivity index (χ2v) is 17.4. The molecule has 2 atom stereocenters. The van der Waals surface area contributed by atoms with Gasteiger partial charge in [0, 0.05) is 31.4 Å². The Morgan fingerprint density at radius 1 is 0.720 bits per heavy atom. The maximum absolute atomic E-state index is 13.1. The molecule has 9 nitrogen and oxygen atoms in total. The van der Waals surface area contributed by atoms with Crippen LogP contribution in [0.25, 0.3) is 28.0 Å². The molecule has 0 radical (unpaired) electrons. The van der Waals surface area contributed by atoms with Gasteiger partial charge in [-0.1, -0.05) is 48.5 Å². The summed E-state index contributed by atoms with van der Waals surface area (Å²) in [5.74, 6) is 0.820. The van der Waals surface area contributed by atoms with E-state index in [1.165, 1.54) is 18.4 Å². The number of hydrogen-bond acceptors (Lipinski definition) is 6. The number of aromatic nitrogens is 2. The number of hydrogen-bond donors (Lipinski definition) is 1. The van der Waals surface area contributed by atoms with Gasteiger partial charge in [0.2, 0.25) is 0 Å². The molecule has 2 saturated heterocycles. The van der Waals surface area contributed by atoms with E-state index in [2.05, 4.69) is 53.5 Å². The third-order valence-electron chi connectivity index (χ3n) is 11.0. The van der Waals surface area contributed by atoms with Gasteiger partial charge in [0.15, 0.2) is 0 Å². The number of ether oxygens (including phenoxy) is 2. The number of H-pyrrole nitrogens is 1. The van der Waals surface area contributed by atoms with Crippen LogP contribution in [0.2, 0.25) is 0 Å². The summed E-state index contributed by atoms with van der Waals surface area (Å²) in [4.78, 5) is 43.2. The van der Waals surface area contributed by atoms with Gasteiger partial charge in [-0.15, -0.1) is 0 Å². The molecule has 4 fully saturated rings. The van der Waals surface area contributed by atoms with Crippen LogP contribution in [-0.4, -0.2) is 68.0 Å². The van der Waals surface area contributed by atoms with Crippen LogP contribution in [0.15, 0.2) is 65.9 Å². The number of likely N-dealkylation sites (tertiary alicyclic amines) is 2. The topological polar surface area (TPSA) is 100 Å². The van der Waals surface area contributed by atoms with Crippen LogP contribution in [-0.2, 0) is 9.47 Å². The van der Waals surface area contributed by atoms with Crippen molar-refractivity contribution in [3.8, 4) is 22.4 Å². The first-order valence-electron chi connectivity index (χ1n) is 18.2. The number of nitrogens with zero attached hydrogens (tertiary/aromatic N) is 4. The van der Waals surface area contributed by atoms with Gasteiger partial charge in [-0.25, -0.2) is 14.6 Å². The smallest absolute Gasteiger partial charge is 0.410 e. The van der Waals surface area contributed by atoms with Gasteiger partial charge >= 0.3 is 12.2 Å². The Morgan fingerprint density at radius 2 is 1.20 bits per heavy atom. The summed E-state index contributed by atoms with van der Waals surface area (Å²) in [7, 11) is 0. The normalized spacial score (nSPS) is 23.3. The van der Waals surface area contributed by atoms with Crippen molar-refractivity contribution in [3.63, 3.8) is 0 Å². The van der Waals surface area contributed by atoms with Crippen molar-refractivity contribution in [2.75, 3.05) is 13.1 Å². The third kappa shape index (κ3) is 6.59. The van der Waals surface area contributed by atoms with Crippen molar-refractivity contribution in [2.24, 2.45) is 15.8 Å². The van der Waals surface area contributed by atoms with E-state index in [-0.39, 0.29) is 35.1 Å². The Balaban J connectivity index is 0.914. The number of aliphatic imine (C=N–C) groups is 1. The van der Waals surface area contributed by atoms with Crippen LogP contribution in [0.5, 0.6) is 0 Å². The van der Waals surface area contributed by atoms with Gasteiger partial charge in [0.1, 0.15) is 17.0 Å². The van der Waals surface area contributed by atoms with Crippen molar-refractivity contribution < 1.29 is 19.1 Å². The fraction of sp³-hybridized carbons (Fsp3) is 0.512. The highest BCUT2D eigenvalue weighted by Crippen LogP contribution is 2.58. The molecule has 50 heavy (non-hydrogen) atoms. The summed E-state index contributed by atoms with van der Waals surface area (Å²) < 4.78 is 11.5. The van der Waals surface area contributed by atoms with E-state index in [0.29, 0.717) is 0 Å². The number of aromatic amines is 1. The first-order valence-corrected chi connectivity index (χ1v) is 18.2. The van der Waals surface area contributed by atoms with Crippen LogP contribution in [0.3, 0.4) is 0 Å². The molecule has 8 rings (SSSR count). The number of rotatable bonds is 5. The molecule has 0 unspecified atom stereocenters. The highest BCUT2D eigenvalue weighted by Gasteiger charge is 2.56. The molecule has 4 heterocycles. The Labute approximate surface area is 295 Å². The van der Waals surface area contributed by atoms with E-state index < -0.39 is 11.2 Å². The zero-order chi connectivity index (χ0) is 35.1. The third-order valence-corrected chi connectivity index (χ3v) is 11.0. The molecule has 5 aliphatic rings. The molecule has 2 saturated carbocycles. The van der Waals surface area contributed by atoms with E-state index in [1.807, 2.05) is 63.7 Å². The lowest BCUT2D eigenvalue weighted by Crippen LogP contribution is -2.43. The monoisotopic (exact) mass is 675 g/mol. The van der Waals surface area contributed by atoms with Gasteiger partial charge in [-0.3, -0.25) is 14.8 Å². The molecule has 2 amide bonds. The Morgan fingerprint density at radius 3 is 1.72 bits per heavy atom. The summed E-state index contributed by atoms with van der Waals surface area (Å²) in [5, 5.41) is 0. The Bertz CT molecular complexity index is 1870. The minimum absolute atomic E-state index is 0.00162. The van der Waals surface area contributed by atoms with Gasteiger partial charge in [-0.05, 0) is 119 Å². The molecule has 2 aliphatic carbocycles. The van der Waals surface area contributed by atoms with Crippen LogP contribution in [0.1, 0.15) is 104 Å². The van der Waals surface area contributed by atoms with Crippen molar-refractivity contribution in [3.05, 3.63) is 72.3 Å². The van der Waals surface area contributed by atoms with E-state index in [4.69, 9.17) is 19.5 Å². The molecule has 3 aromatic rings. The molecule has 9 heteroatoms. The largest absolute Gasteiger partial charge is 0.444 e. The molecule has 0 bridgehead atoms. The van der Waals surface area contributed by atoms with Crippen LogP contribution in [0.4, 0.5) is 9.59 Å². The number of nitrogens with one attached hydrogen (secondary N) is 1. The van der Waals surface area contributed by atoms with Crippen molar-refractivity contribution >= 4 is 23.5 Å². The van der Waals surface area contributed by atoms with Crippen molar-refractivity contribution in [1.82, 2.24) is 19.8 Å². The molecule has 2 aromatic carbocycles. The minimum atomic E-state index is -0.537. The van der Waals surface area contributed by atoms with Crippen LogP contribution >= 0.6 is 0 Å². The van der Waals surface area contributed by atoms with Crippen molar-refractivity contribution in [2.45, 2.75) is 110 Å². The zero-order valence-corrected chi connectivity index (χ0v) is 30.2. The molecule has 1 aromatic heterocycles. The number of carbonyl (C=O) groups excluding carboxylic acids is 2. The van der Waals surface area contributed by atoms with Gasteiger partial charge < -0.3 is 14.5 Å². The second kappa shape index (κ2) is 11.6. The lowest BCUT2D eigenvalue weighted by Gasteiger charge is -2.28. The van der Waals surface area contributed by atoms with E-state index in [1.54, 1.807) is 0 Å². The maximum atomic E-state index is 13.1. The van der Waals surface area contributed by atoms with E-state index in [0.717, 1.165) is 84.7 Å². The molecule has 1 N–H and O–H groups in total. The predicted octanol–water partition coefficient (Wildman–Crippen LogP) is 9.18. The highest BCUT2D eigenvalue weighted by molar-refractivity contribution is 6.03. The summed E-state index contributed by atoms with van der Waals surface area (Å²) in [5.41, 5.74) is 7.06. The fourth-order valence-electron chi connectivity index (χ4n) is 7.96. The number of carbonyl (C=O) groups is 2. The SMILES string of the molecule is CC(C)(C)OC(=O)N1CC2(CC2)C[C@H]1C1=NC=C(c2ccc(-c3ccc(-c4cnc([C@@H]5CC6(CC6)CN5C(=O)OC(C)(C)C)[nH]4)cc3)cc2)C1. The van der Waals surface area contributed by atoms with Crippen molar-refractivity contribution in [1.29, 1.82) is 0 Å². The summed E-state index contributed by atoms with van der Waals surface area (Å²) in [6.07, 6.45) is 10.7. The first-order chi connectivity index (χ1) is 23.7. The number of allylic oxidation sites excluding steroid dienone is 1. The first kappa shape index (κ1) is 32.8.